The maximum absolute atomic E-state index is 14.5. The molecule has 0 radical (unpaired) electrons. The second kappa shape index (κ2) is 13.9. The van der Waals surface area contributed by atoms with Crippen molar-refractivity contribution < 1.29 is 18.0 Å². The van der Waals surface area contributed by atoms with Gasteiger partial charge in [0.2, 0.25) is 21.8 Å². The zero-order chi connectivity index (χ0) is 35.1. The lowest BCUT2D eigenvalue weighted by atomic mass is 9.48. The fourth-order valence-electron chi connectivity index (χ4n) is 8.90. The van der Waals surface area contributed by atoms with Crippen molar-refractivity contribution in [2.45, 2.75) is 89.3 Å². The van der Waals surface area contributed by atoms with E-state index in [0.29, 0.717) is 21.3 Å². The van der Waals surface area contributed by atoms with E-state index in [4.69, 9.17) is 23.2 Å². The van der Waals surface area contributed by atoms with Gasteiger partial charge in [0.15, 0.2) is 0 Å². The van der Waals surface area contributed by atoms with Gasteiger partial charge in [-0.3, -0.25) is 13.9 Å². The van der Waals surface area contributed by atoms with Crippen molar-refractivity contribution in [3.05, 3.63) is 99.5 Å². The van der Waals surface area contributed by atoms with Crippen LogP contribution in [0.15, 0.2) is 72.8 Å². The average Bonchev–Trinajstić information content (AvgIpc) is 3.01. The summed E-state index contributed by atoms with van der Waals surface area (Å²) in [5, 5.41) is 3.83. The molecule has 3 aromatic rings. The largest absolute Gasteiger partial charge is 0.350 e. The first kappa shape index (κ1) is 35.7. The molecule has 4 bridgehead atoms. The molecule has 3 aromatic carbocycles. The first-order valence-corrected chi connectivity index (χ1v) is 19.9. The van der Waals surface area contributed by atoms with E-state index in [0.717, 1.165) is 33.9 Å². The van der Waals surface area contributed by atoms with E-state index in [-0.39, 0.29) is 24.3 Å². The van der Waals surface area contributed by atoms with Gasteiger partial charge in [-0.25, -0.2) is 8.42 Å². The van der Waals surface area contributed by atoms with Gasteiger partial charge in [-0.15, -0.1) is 0 Å². The Kier molecular flexibility index (Phi) is 10.2. The van der Waals surface area contributed by atoms with Crippen LogP contribution in [0.4, 0.5) is 5.69 Å². The molecular weight excluding hydrogens is 677 g/mol. The molecular formula is C39H47Cl2N3O4S. The molecule has 4 aliphatic rings. The highest BCUT2D eigenvalue weighted by Crippen LogP contribution is 2.60. The lowest BCUT2D eigenvalue weighted by Gasteiger charge is -2.57. The summed E-state index contributed by atoms with van der Waals surface area (Å²) in [6, 6.07) is 21.4. The van der Waals surface area contributed by atoms with E-state index in [1.807, 2.05) is 63.2 Å². The molecule has 7 nitrogen and oxygen atoms in total. The Morgan fingerprint density at radius 1 is 0.898 bits per heavy atom. The van der Waals surface area contributed by atoms with E-state index < -0.39 is 34.1 Å². The van der Waals surface area contributed by atoms with Gasteiger partial charge in [0, 0.05) is 28.5 Å². The Labute approximate surface area is 301 Å². The van der Waals surface area contributed by atoms with Crippen molar-refractivity contribution >= 4 is 50.7 Å². The molecule has 1 atom stereocenters. The van der Waals surface area contributed by atoms with Crippen molar-refractivity contribution in [2.24, 2.45) is 17.8 Å². The third-order valence-electron chi connectivity index (χ3n) is 10.6. The minimum absolute atomic E-state index is 0.0214. The summed E-state index contributed by atoms with van der Waals surface area (Å²) in [6.07, 6.45) is 8.98. The molecule has 7 rings (SSSR count). The predicted molar refractivity (Wildman–Crippen MR) is 197 cm³/mol. The smallest absolute Gasteiger partial charge is 0.244 e. The normalized spacial score (nSPS) is 23.6. The second-order valence-electron chi connectivity index (χ2n) is 15.7. The number of nitrogens with zero attached hydrogens (tertiary/aromatic N) is 2. The Bertz CT molecular complexity index is 1760. The number of carbonyl (C=O) groups is 2. The molecule has 0 heterocycles. The Morgan fingerprint density at radius 3 is 2.02 bits per heavy atom. The van der Waals surface area contributed by atoms with Crippen molar-refractivity contribution in [3.8, 4) is 0 Å². The van der Waals surface area contributed by atoms with Crippen LogP contribution >= 0.6 is 23.2 Å². The molecule has 0 aromatic heterocycles. The summed E-state index contributed by atoms with van der Waals surface area (Å²) in [7, 11) is -3.88. The summed E-state index contributed by atoms with van der Waals surface area (Å²) >= 11 is 12.8. The molecule has 262 valence electrons. The minimum Gasteiger partial charge on any atom is -0.350 e. The Balaban J connectivity index is 1.33. The lowest BCUT2D eigenvalue weighted by Crippen LogP contribution is -2.56. The fourth-order valence-corrected chi connectivity index (χ4v) is 10.2. The molecule has 0 aliphatic heterocycles. The molecule has 10 heteroatoms. The van der Waals surface area contributed by atoms with E-state index >= 15 is 0 Å². The summed E-state index contributed by atoms with van der Waals surface area (Å²) in [5.41, 5.74) is 2.74. The summed E-state index contributed by atoms with van der Waals surface area (Å²) in [5.74, 6) is 1.49. The van der Waals surface area contributed by atoms with Gasteiger partial charge >= 0.3 is 0 Å². The van der Waals surface area contributed by atoms with Gasteiger partial charge in [-0.05, 0) is 123 Å². The van der Waals surface area contributed by atoms with Gasteiger partial charge in [-0.1, -0.05) is 71.7 Å². The number of hydrogen-bond acceptors (Lipinski definition) is 4. The van der Waals surface area contributed by atoms with Crippen molar-refractivity contribution in [1.82, 2.24) is 10.2 Å². The highest BCUT2D eigenvalue weighted by molar-refractivity contribution is 7.92. The predicted octanol–water partition coefficient (Wildman–Crippen LogP) is 7.78. The van der Waals surface area contributed by atoms with Crippen molar-refractivity contribution in [2.75, 3.05) is 17.1 Å². The van der Waals surface area contributed by atoms with E-state index in [1.165, 1.54) is 49.0 Å². The maximum Gasteiger partial charge on any atom is 0.244 e. The topological polar surface area (TPSA) is 86.8 Å². The highest BCUT2D eigenvalue weighted by Gasteiger charge is 2.51. The molecule has 0 unspecified atom stereocenters. The number of amides is 2. The van der Waals surface area contributed by atoms with Crippen LogP contribution in [0.5, 0.6) is 0 Å². The number of carbonyl (C=O) groups excluding carboxylic acids is 2. The number of sulfonamides is 1. The number of anilines is 1. The molecule has 4 saturated carbocycles. The number of rotatable bonds is 11. The average molecular weight is 725 g/mol. The van der Waals surface area contributed by atoms with Crippen molar-refractivity contribution in [1.29, 1.82) is 0 Å². The molecule has 0 saturated heterocycles. The van der Waals surface area contributed by atoms with Crippen LogP contribution in [-0.2, 0) is 38.0 Å². The van der Waals surface area contributed by atoms with Gasteiger partial charge in [-0.2, -0.15) is 0 Å². The highest BCUT2D eigenvalue weighted by atomic mass is 35.5. The molecule has 4 aliphatic carbocycles. The monoisotopic (exact) mass is 723 g/mol. The SMILES string of the molecule is CC(C)(C)NC(=O)[C@H](Cc1ccccc1)N(Cc1ccc(Cl)cc1Cl)C(=O)CN(c1ccc(C23CC4CC(CC(C4)C2)C3)cc1)S(C)(=O)=O. The molecule has 0 spiro atoms. The second-order valence-corrected chi connectivity index (χ2v) is 18.5. The van der Waals surface area contributed by atoms with Crippen LogP contribution in [0, 0.1) is 17.8 Å². The van der Waals surface area contributed by atoms with Crippen molar-refractivity contribution in [3.63, 3.8) is 0 Å². The summed E-state index contributed by atoms with van der Waals surface area (Å²) in [4.78, 5) is 30.0. The number of hydrogen-bond donors (Lipinski definition) is 1. The first-order valence-electron chi connectivity index (χ1n) is 17.3. The van der Waals surface area contributed by atoms with Crippen LogP contribution in [0.25, 0.3) is 0 Å². The molecule has 1 N–H and O–H groups in total. The first-order chi connectivity index (χ1) is 23.1. The Morgan fingerprint density at radius 2 is 1.49 bits per heavy atom. The maximum atomic E-state index is 14.5. The van der Waals surface area contributed by atoms with Crippen LogP contribution in [0.1, 0.15) is 76.0 Å². The lowest BCUT2D eigenvalue weighted by molar-refractivity contribution is -0.140. The third-order valence-corrected chi connectivity index (χ3v) is 12.3. The number of nitrogens with one attached hydrogen (secondary N) is 1. The van der Waals surface area contributed by atoms with E-state index in [2.05, 4.69) is 17.4 Å². The fraction of sp³-hybridized carbons (Fsp3) is 0.487. The van der Waals surface area contributed by atoms with Gasteiger partial charge in [0.25, 0.3) is 0 Å². The molecule has 49 heavy (non-hydrogen) atoms. The van der Waals surface area contributed by atoms with Crippen LogP contribution in [-0.4, -0.2) is 49.5 Å². The Hall–Kier alpha value is -3.07. The van der Waals surface area contributed by atoms with Crippen LogP contribution in [0.3, 0.4) is 0 Å². The third kappa shape index (κ3) is 8.29. The van der Waals surface area contributed by atoms with Crippen LogP contribution in [0.2, 0.25) is 10.0 Å². The van der Waals surface area contributed by atoms with Gasteiger partial charge in [0.05, 0.1) is 11.9 Å². The molecule has 2 amide bonds. The quantitative estimate of drug-likeness (QED) is 0.219. The number of halogens is 2. The zero-order valence-electron chi connectivity index (χ0n) is 28.8. The van der Waals surface area contributed by atoms with Gasteiger partial charge in [0.1, 0.15) is 12.6 Å². The van der Waals surface area contributed by atoms with Gasteiger partial charge < -0.3 is 10.2 Å². The summed E-state index contributed by atoms with van der Waals surface area (Å²) < 4.78 is 27.9. The van der Waals surface area contributed by atoms with E-state index in [9.17, 15) is 18.0 Å². The zero-order valence-corrected chi connectivity index (χ0v) is 31.1. The minimum atomic E-state index is -3.88. The molecule has 4 fully saturated rings. The number of benzene rings is 3. The standard InChI is InChI=1S/C39H47Cl2N3O4S/c1-38(2,3)42-37(46)35(19-26-8-6-5-7-9-26)43(24-30-10-13-32(40)20-34(30)41)36(45)25-44(49(4,47)48)33-14-11-31(12-15-33)39-21-27-16-28(22-39)18-29(17-27)23-39/h5-15,20,27-29,35H,16-19,21-25H2,1-4H3,(H,42,46)/t27?,28?,29?,35-,39?/m0/s1. The van der Waals surface area contributed by atoms with Crippen LogP contribution < -0.4 is 9.62 Å². The summed E-state index contributed by atoms with van der Waals surface area (Å²) in [6.45, 7) is 5.14. The van der Waals surface area contributed by atoms with E-state index in [1.54, 1.807) is 18.2 Å².